The van der Waals surface area contributed by atoms with Crippen LogP contribution >= 0.6 is 0 Å². The fourth-order valence-corrected chi connectivity index (χ4v) is 3.35. The Kier molecular flexibility index (Phi) is 6.01. The first kappa shape index (κ1) is 20.9. The van der Waals surface area contributed by atoms with E-state index in [4.69, 9.17) is 4.74 Å². The zero-order chi connectivity index (χ0) is 21.8. The second-order valence-electron chi connectivity index (χ2n) is 6.87. The summed E-state index contributed by atoms with van der Waals surface area (Å²) in [5.41, 5.74) is 3.69. The fourth-order valence-electron chi connectivity index (χ4n) is 3.35. The number of aryl methyl sites for hydroxylation is 1. The first-order valence-corrected chi connectivity index (χ1v) is 9.37. The number of carbonyl (C=O) groups is 3. The van der Waals surface area contributed by atoms with Gasteiger partial charge in [0.1, 0.15) is 11.4 Å². The van der Waals surface area contributed by atoms with Gasteiger partial charge in [-0.25, -0.2) is 0 Å². The number of benzene rings is 2. The van der Waals surface area contributed by atoms with Crippen LogP contribution in [0.2, 0.25) is 0 Å². The number of anilines is 2. The van der Waals surface area contributed by atoms with E-state index in [0.29, 0.717) is 45.2 Å². The number of rotatable bonds is 6. The van der Waals surface area contributed by atoms with Gasteiger partial charge in [-0.05, 0) is 62.7 Å². The average molecular weight is 405 g/mol. The normalized spacial score (nSPS) is 10.4. The zero-order valence-corrected chi connectivity index (χ0v) is 17.3. The molecule has 0 spiro atoms. The molecule has 154 valence electrons. The van der Waals surface area contributed by atoms with Crippen molar-refractivity contribution < 1.29 is 19.1 Å². The number of methoxy groups -OCH3 is 1. The maximum absolute atomic E-state index is 12.6. The van der Waals surface area contributed by atoms with Crippen molar-refractivity contribution in [1.82, 2.24) is 4.98 Å². The number of hydrogen-bond donors (Lipinski definition) is 3. The summed E-state index contributed by atoms with van der Waals surface area (Å²) < 4.78 is 5.24. The maximum Gasteiger partial charge on any atom is 0.272 e. The van der Waals surface area contributed by atoms with Gasteiger partial charge in [-0.3, -0.25) is 14.4 Å². The Morgan fingerprint density at radius 2 is 1.57 bits per heavy atom. The van der Waals surface area contributed by atoms with E-state index >= 15 is 0 Å². The van der Waals surface area contributed by atoms with Crippen LogP contribution < -0.4 is 15.4 Å². The van der Waals surface area contributed by atoms with Gasteiger partial charge in [0.05, 0.1) is 12.8 Å². The van der Waals surface area contributed by atoms with Gasteiger partial charge >= 0.3 is 0 Å². The lowest BCUT2D eigenvalue weighted by Crippen LogP contribution is -2.15. The highest BCUT2D eigenvalue weighted by atomic mass is 16.5. The van der Waals surface area contributed by atoms with Crippen LogP contribution in [-0.2, 0) is 0 Å². The first-order chi connectivity index (χ1) is 14.3. The number of H-pyrrole nitrogens is 1. The van der Waals surface area contributed by atoms with Gasteiger partial charge in [-0.15, -0.1) is 0 Å². The molecule has 0 saturated carbocycles. The first-order valence-electron chi connectivity index (χ1n) is 9.37. The molecule has 0 fully saturated rings. The molecule has 7 nitrogen and oxygen atoms in total. The standard InChI is InChI=1S/C23H23N3O4/c1-13-20(15(3)27)14(2)24-21(13)23(29)25-17-11-9-16(10-12-17)22(28)26-18-7-5-6-8-19(18)30-4/h5-12,24H,1-4H3,(H,25,29)(H,26,28). The van der Waals surface area contributed by atoms with E-state index in [9.17, 15) is 14.4 Å². The van der Waals surface area contributed by atoms with E-state index in [-0.39, 0.29) is 17.6 Å². The Hall–Kier alpha value is -3.87. The lowest BCUT2D eigenvalue weighted by molar-refractivity contribution is 0.101. The number of ether oxygens (including phenoxy) is 1. The van der Waals surface area contributed by atoms with Crippen molar-refractivity contribution in [1.29, 1.82) is 0 Å². The van der Waals surface area contributed by atoms with Gasteiger partial charge in [0, 0.05) is 22.5 Å². The van der Waals surface area contributed by atoms with Gasteiger partial charge in [0.2, 0.25) is 0 Å². The molecule has 1 heterocycles. The molecule has 0 atom stereocenters. The highest BCUT2D eigenvalue weighted by Crippen LogP contribution is 2.24. The molecular formula is C23H23N3O4. The number of aromatic amines is 1. The van der Waals surface area contributed by atoms with Crippen LogP contribution in [0.25, 0.3) is 0 Å². The zero-order valence-electron chi connectivity index (χ0n) is 17.3. The van der Waals surface area contributed by atoms with Gasteiger partial charge in [-0.1, -0.05) is 12.1 Å². The van der Waals surface area contributed by atoms with Crippen LogP contribution in [-0.4, -0.2) is 29.7 Å². The number of Topliss-reactive ketones (excluding diaryl/α,β-unsaturated/α-hetero) is 1. The summed E-state index contributed by atoms with van der Waals surface area (Å²) in [6, 6.07) is 13.7. The number of ketones is 1. The van der Waals surface area contributed by atoms with Crippen molar-refractivity contribution >= 4 is 29.0 Å². The summed E-state index contributed by atoms with van der Waals surface area (Å²) in [7, 11) is 1.54. The lowest BCUT2D eigenvalue weighted by atomic mass is 10.1. The second kappa shape index (κ2) is 8.65. The molecule has 1 aromatic heterocycles. The summed E-state index contributed by atoms with van der Waals surface area (Å²) >= 11 is 0. The third kappa shape index (κ3) is 4.25. The van der Waals surface area contributed by atoms with Crippen LogP contribution in [0, 0.1) is 13.8 Å². The van der Waals surface area contributed by atoms with E-state index in [2.05, 4.69) is 15.6 Å². The third-order valence-electron chi connectivity index (χ3n) is 4.78. The highest BCUT2D eigenvalue weighted by Gasteiger charge is 2.20. The molecule has 0 saturated heterocycles. The molecular weight excluding hydrogens is 382 g/mol. The number of amides is 2. The molecule has 2 aromatic carbocycles. The Morgan fingerprint density at radius 1 is 0.900 bits per heavy atom. The van der Waals surface area contributed by atoms with Crippen molar-refractivity contribution in [3.63, 3.8) is 0 Å². The van der Waals surface area contributed by atoms with Gasteiger partial charge < -0.3 is 20.4 Å². The van der Waals surface area contributed by atoms with Gasteiger partial charge in [0.15, 0.2) is 5.78 Å². The Labute approximate surface area is 174 Å². The van der Waals surface area contributed by atoms with Crippen LogP contribution in [0.3, 0.4) is 0 Å². The molecule has 3 aromatic rings. The predicted molar refractivity (Wildman–Crippen MR) is 116 cm³/mol. The monoisotopic (exact) mass is 405 g/mol. The predicted octanol–water partition coefficient (Wildman–Crippen LogP) is 4.35. The van der Waals surface area contributed by atoms with Gasteiger partial charge in [-0.2, -0.15) is 0 Å². The van der Waals surface area contributed by atoms with E-state index < -0.39 is 0 Å². The fraction of sp³-hybridized carbons (Fsp3) is 0.174. The van der Waals surface area contributed by atoms with E-state index in [1.807, 2.05) is 6.07 Å². The molecule has 0 aliphatic heterocycles. The molecule has 0 radical (unpaired) electrons. The third-order valence-corrected chi connectivity index (χ3v) is 4.78. The van der Waals surface area contributed by atoms with E-state index in [1.54, 1.807) is 56.3 Å². The second-order valence-corrected chi connectivity index (χ2v) is 6.87. The number of para-hydroxylation sites is 2. The summed E-state index contributed by atoms with van der Waals surface area (Å²) in [5, 5.41) is 5.58. The molecule has 3 N–H and O–H groups in total. The minimum Gasteiger partial charge on any atom is -0.495 e. The quantitative estimate of drug-likeness (QED) is 0.531. The SMILES string of the molecule is COc1ccccc1NC(=O)c1ccc(NC(=O)c2[nH]c(C)c(C(C)=O)c2C)cc1. The van der Waals surface area contributed by atoms with E-state index in [1.165, 1.54) is 14.0 Å². The number of hydrogen-bond acceptors (Lipinski definition) is 4. The van der Waals surface area contributed by atoms with Crippen molar-refractivity contribution in [2.24, 2.45) is 0 Å². The number of nitrogens with one attached hydrogen (secondary N) is 3. The molecule has 3 rings (SSSR count). The minimum atomic E-state index is -0.352. The Bertz CT molecular complexity index is 1110. The van der Waals surface area contributed by atoms with E-state index in [0.717, 1.165) is 0 Å². The molecule has 2 amide bonds. The highest BCUT2D eigenvalue weighted by molar-refractivity contribution is 6.08. The summed E-state index contributed by atoms with van der Waals surface area (Å²) in [5.74, 6) is -0.171. The molecule has 30 heavy (non-hydrogen) atoms. The van der Waals surface area contributed by atoms with Crippen LogP contribution in [0.15, 0.2) is 48.5 Å². The Morgan fingerprint density at radius 3 is 2.17 bits per heavy atom. The largest absolute Gasteiger partial charge is 0.495 e. The maximum atomic E-state index is 12.6. The molecule has 0 unspecified atom stereocenters. The molecule has 7 heteroatoms. The van der Waals surface area contributed by atoms with Crippen molar-refractivity contribution in [2.45, 2.75) is 20.8 Å². The van der Waals surface area contributed by atoms with Crippen molar-refractivity contribution in [2.75, 3.05) is 17.7 Å². The number of aromatic nitrogens is 1. The average Bonchev–Trinajstić information content (AvgIpc) is 3.03. The van der Waals surface area contributed by atoms with Crippen LogP contribution in [0.1, 0.15) is 49.4 Å². The van der Waals surface area contributed by atoms with Crippen molar-refractivity contribution in [3.05, 3.63) is 76.6 Å². The smallest absolute Gasteiger partial charge is 0.272 e. The summed E-state index contributed by atoms with van der Waals surface area (Å²) in [6.45, 7) is 4.97. The summed E-state index contributed by atoms with van der Waals surface area (Å²) in [4.78, 5) is 39.8. The topological polar surface area (TPSA) is 100 Å². The molecule has 0 aliphatic rings. The van der Waals surface area contributed by atoms with Gasteiger partial charge in [0.25, 0.3) is 11.8 Å². The minimum absolute atomic E-state index is 0.0919. The van der Waals surface area contributed by atoms with Crippen molar-refractivity contribution in [3.8, 4) is 5.75 Å². The molecule has 0 aliphatic carbocycles. The lowest BCUT2D eigenvalue weighted by Gasteiger charge is -2.10. The van der Waals surface area contributed by atoms with Crippen LogP contribution in [0.4, 0.5) is 11.4 Å². The summed E-state index contributed by atoms with van der Waals surface area (Å²) in [6.07, 6.45) is 0. The molecule has 0 bridgehead atoms. The Balaban J connectivity index is 1.72. The van der Waals surface area contributed by atoms with Crippen LogP contribution in [0.5, 0.6) is 5.75 Å². The number of carbonyl (C=O) groups excluding carboxylic acids is 3.